The molecule has 0 aliphatic carbocycles. The van der Waals surface area contributed by atoms with Gasteiger partial charge in [-0.1, -0.05) is 18.2 Å². The van der Waals surface area contributed by atoms with Gasteiger partial charge in [0.05, 0.1) is 6.61 Å². The van der Waals surface area contributed by atoms with E-state index in [-0.39, 0.29) is 0 Å². The quantitative estimate of drug-likeness (QED) is 0.276. The third-order valence-corrected chi connectivity index (χ3v) is 1.10. The molecule has 1 nitrogen and oxygen atoms in total. The number of hydrogen-bond donors (Lipinski definition) is 0. The molecule has 0 radical (unpaired) electrons. The van der Waals surface area contributed by atoms with Crippen molar-refractivity contribution in [3.05, 3.63) is 12.7 Å². The smallest absolute Gasteiger partial charge is 0.183 e. The van der Waals surface area contributed by atoms with Gasteiger partial charge in [0, 0.05) is 0 Å². The summed E-state index contributed by atoms with van der Waals surface area (Å²) in [6, 6.07) is 0. The Labute approximate surface area is 41.6 Å². The van der Waals surface area contributed by atoms with Gasteiger partial charge >= 0.3 is 0 Å². The van der Waals surface area contributed by atoms with Gasteiger partial charge in [0.1, 0.15) is 0 Å². The van der Waals surface area contributed by atoms with Crippen LogP contribution in [0, 0.1) is 0 Å². The van der Waals surface area contributed by atoms with Crippen LogP contribution in [0.25, 0.3) is 0 Å². The second-order valence-corrected chi connectivity index (χ2v) is 1.92. The van der Waals surface area contributed by atoms with Crippen LogP contribution >= 0.6 is 11.6 Å². The number of alkyl halides is 1. The van der Waals surface area contributed by atoms with Gasteiger partial charge in [-0.05, 0) is 6.08 Å². The van der Waals surface area contributed by atoms with Crippen LogP contribution in [-0.4, -0.2) is 11.7 Å². The van der Waals surface area contributed by atoms with Gasteiger partial charge in [-0.25, -0.2) is 0 Å². The van der Waals surface area contributed by atoms with Crippen molar-refractivity contribution in [1.82, 2.24) is 0 Å². The molecule has 0 aromatic carbocycles. The Bertz CT molecular complexity index is 75.6. The number of ether oxygens (including phenoxy) is 1. The van der Waals surface area contributed by atoms with Gasteiger partial charge < -0.3 is 4.74 Å². The largest absolute Gasteiger partial charge is 0.349 e. The van der Waals surface area contributed by atoms with Crippen LogP contribution in [0.1, 0.15) is 0 Å². The normalized spacial score (nSPS) is 42.2. The van der Waals surface area contributed by atoms with E-state index in [1.807, 2.05) is 0 Å². The highest BCUT2D eigenvalue weighted by molar-refractivity contribution is 6.25. The molecule has 1 aliphatic heterocycles. The summed E-state index contributed by atoms with van der Waals surface area (Å²) in [5.41, 5.74) is 0. The van der Waals surface area contributed by atoms with Crippen molar-refractivity contribution in [2.24, 2.45) is 0 Å². The molecule has 1 rings (SSSR count). The van der Waals surface area contributed by atoms with Crippen LogP contribution < -0.4 is 0 Å². The van der Waals surface area contributed by atoms with E-state index in [0.717, 1.165) is 0 Å². The van der Waals surface area contributed by atoms with Gasteiger partial charge in [0.15, 0.2) is 5.06 Å². The lowest BCUT2D eigenvalue weighted by Crippen LogP contribution is -1.88. The Hall–Kier alpha value is -0.0100. The zero-order chi connectivity index (χ0) is 4.62. The Balaban J connectivity index is 2.47. The minimum absolute atomic E-state index is 0.472. The summed E-state index contributed by atoms with van der Waals surface area (Å²) in [5.74, 6) is 0. The standard InChI is InChI=1S/C4H5ClO/c1-2-4(5)3-6-4/h2H,1,3H2/t4-/m1/s1. The molecule has 1 saturated heterocycles. The minimum Gasteiger partial charge on any atom is -0.349 e. The zero-order valence-corrected chi connectivity index (χ0v) is 4.03. The molecule has 0 bridgehead atoms. The molecule has 1 heterocycles. The topological polar surface area (TPSA) is 12.5 Å². The highest BCUT2D eigenvalue weighted by atomic mass is 35.5. The maximum absolute atomic E-state index is 5.49. The molecule has 0 amide bonds. The molecule has 1 atom stereocenters. The number of hydrogen-bond acceptors (Lipinski definition) is 1. The predicted molar refractivity (Wildman–Crippen MR) is 24.7 cm³/mol. The first-order chi connectivity index (χ1) is 2.77. The van der Waals surface area contributed by atoms with Gasteiger partial charge in [-0.3, -0.25) is 0 Å². The van der Waals surface area contributed by atoms with Crippen LogP contribution in [0.15, 0.2) is 12.7 Å². The maximum atomic E-state index is 5.49. The van der Waals surface area contributed by atoms with E-state index < -0.39 is 5.06 Å². The van der Waals surface area contributed by atoms with Gasteiger partial charge in [-0.2, -0.15) is 0 Å². The van der Waals surface area contributed by atoms with Crippen LogP contribution in [0.4, 0.5) is 0 Å². The molecule has 34 valence electrons. The van der Waals surface area contributed by atoms with E-state index >= 15 is 0 Å². The lowest BCUT2D eigenvalue weighted by atomic mass is 10.5. The van der Waals surface area contributed by atoms with Crippen molar-refractivity contribution in [3.8, 4) is 0 Å². The van der Waals surface area contributed by atoms with Crippen molar-refractivity contribution >= 4 is 11.6 Å². The summed E-state index contributed by atoms with van der Waals surface area (Å²) in [4.78, 5) is 0. The van der Waals surface area contributed by atoms with Crippen molar-refractivity contribution in [2.45, 2.75) is 5.06 Å². The monoisotopic (exact) mass is 104 g/mol. The van der Waals surface area contributed by atoms with Gasteiger partial charge in [0.2, 0.25) is 0 Å². The highest BCUT2D eigenvalue weighted by Gasteiger charge is 2.38. The van der Waals surface area contributed by atoms with Crippen LogP contribution in [0.3, 0.4) is 0 Å². The average Bonchev–Trinajstić information content (AvgIpc) is 2.22. The summed E-state index contributed by atoms with van der Waals surface area (Å²) < 4.78 is 4.69. The molecule has 2 heteroatoms. The third-order valence-electron chi connectivity index (χ3n) is 0.725. The fraction of sp³-hybridized carbons (Fsp3) is 0.500. The molecule has 0 aromatic rings. The second-order valence-electron chi connectivity index (χ2n) is 1.28. The van der Waals surface area contributed by atoms with E-state index in [9.17, 15) is 0 Å². The number of epoxide rings is 1. The molecular formula is C4H5ClO. The summed E-state index contributed by atoms with van der Waals surface area (Å²) in [6.07, 6.45) is 1.59. The summed E-state index contributed by atoms with van der Waals surface area (Å²) in [5, 5.41) is -0.472. The molecular weight excluding hydrogens is 99.5 g/mol. The predicted octanol–water partition coefficient (Wildman–Crippen LogP) is 1.14. The molecule has 6 heavy (non-hydrogen) atoms. The molecule has 1 aliphatic rings. The fourth-order valence-corrected chi connectivity index (χ4v) is 0.241. The fourth-order valence-electron chi connectivity index (χ4n) is 0.187. The average molecular weight is 105 g/mol. The first kappa shape index (κ1) is 4.16. The Morgan fingerprint density at radius 3 is 2.50 bits per heavy atom. The first-order valence-electron chi connectivity index (χ1n) is 1.73. The van der Waals surface area contributed by atoms with Crippen molar-refractivity contribution < 1.29 is 4.74 Å². The highest BCUT2D eigenvalue weighted by Crippen LogP contribution is 2.31. The lowest BCUT2D eigenvalue weighted by Gasteiger charge is -1.82. The Morgan fingerprint density at radius 2 is 2.50 bits per heavy atom. The Morgan fingerprint density at radius 1 is 2.00 bits per heavy atom. The molecule has 0 aromatic heterocycles. The minimum atomic E-state index is -0.472. The molecule has 0 unspecified atom stereocenters. The van der Waals surface area contributed by atoms with Crippen LogP contribution in [0.5, 0.6) is 0 Å². The summed E-state index contributed by atoms with van der Waals surface area (Å²) >= 11 is 5.49. The van der Waals surface area contributed by atoms with Gasteiger partial charge in [0.25, 0.3) is 0 Å². The van der Waals surface area contributed by atoms with E-state index in [2.05, 4.69) is 6.58 Å². The van der Waals surface area contributed by atoms with E-state index in [1.54, 1.807) is 6.08 Å². The number of halogens is 1. The first-order valence-corrected chi connectivity index (χ1v) is 2.11. The van der Waals surface area contributed by atoms with Crippen LogP contribution in [0.2, 0.25) is 0 Å². The molecule has 0 saturated carbocycles. The van der Waals surface area contributed by atoms with E-state index in [1.165, 1.54) is 0 Å². The molecule has 0 spiro atoms. The lowest BCUT2D eigenvalue weighted by molar-refractivity contribution is 0.417. The molecule has 0 N–H and O–H groups in total. The molecule has 1 fully saturated rings. The second kappa shape index (κ2) is 0.983. The van der Waals surface area contributed by atoms with Crippen molar-refractivity contribution in [3.63, 3.8) is 0 Å². The SMILES string of the molecule is C=C[C@]1(Cl)CO1. The third kappa shape index (κ3) is 0.559. The van der Waals surface area contributed by atoms with Crippen molar-refractivity contribution in [1.29, 1.82) is 0 Å². The van der Waals surface area contributed by atoms with Crippen molar-refractivity contribution in [2.75, 3.05) is 6.61 Å². The summed E-state index contributed by atoms with van der Waals surface area (Å²) in [7, 11) is 0. The Kier molecular flexibility index (Phi) is 0.681. The maximum Gasteiger partial charge on any atom is 0.183 e. The van der Waals surface area contributed by atoms with E-state index in [4.69, 9.17) is 16.3 Å². The van der Waals surface area contributed by atoms with E-state index in [0.29, 0.717) is 6.61 Å². The summed E-state index contributed by atoms with van der Waals surface area (Å²) in [6.45, 7) is 4.06. The number of rotatable bonds is 1. The van der Waals surface area contributed by atoms with Gasteiger partial charge in [-0.15, -0.1) is 0 Å². The van der Waals surface area contributed by atoms with Crippen LogP contribution in [-0.2, 0) is 4.74 Å². The zero-order valence-electron chi connectivity index (χ0n) is 3.28.